The second kappa shape index (κ2) is 13.0. The average Bonchev–Trinajstić information content (AvgIpc) is 3.26. The normalized spacial score (nSPS) is 15.0. The zero-order valence-corrected chi connectivity index (χ0v) is 26.4. The highest BCUT2D eigenvalue weighted by Gasteiger charge is 2.35. The molecule has 1 fully saturated rings. The lowest BCUT2D eigenvalue weighted by Crippen LogP contribution is -2.46. The number of benzene rings is 2. The van der Waals surface area contributed by atoms with Gasteiger partial charge in [-0.3, -0.25) is 4.79 Å². The third-order valence-corrected chi connectivity index (χ3v) is 8.34. The minimum absolute atomic E-state index is 0.202. The van der Waals surface area contributed by atoms with Crippen LogP contribution in [0.2, 0.25) is 0 Å². The van der Waals surface area contributed by atoms with Crippen LogP contribution in [0.1, 0.15) is 72.8 Å². The summed E-state index contributed by atoms with van der Waals surface area (Å²) >= 11 is 3.65. The summed E-state index contributed by atoms with van der Waals surface area (Å²) in [6, 6.07) is 14.9. The van der Waals surface area contributed by atoms with Gasteiger partial charge in [0.2, 0.25) is 5.91 Å². The van der Waals surface area contributed by atoms with Crippen molar-refractivity contribution in [2.24, 2.45) is 11.8 Å². The number of imidazole rings is 1. The zero-order valence-electron chi connectivity index (χ0n) is 24.8. The highest BCUT2D eigenvalue weighted by molar-refractivity contribution is 9.10. The smallest absolute Gasteiger partial charge is 0.232 e. The number of hydrogen-bond acceptors (Lipinski definition) is 3. The molecule has 1 saturated heterocycles. The van der Waals surface area contributed by atoms with Gasteiger partial charge in [-0.25, -0.2) is 4.98 Å². The van der Waals surface area contributed by atoms with Crippen LogP contribution in [0.15, 0.2) is 46.9 Å². The van der Waals surface area contributed by atoms with Crippen molar-refractivity contribution in [3.05, 3.63) is 52.5 Å². The van der Waals surface area contributed by atoms with Gasteiger partial charge in [-0.1, -0.05) is 68.2 Å². The Hall–Kier alpha value is -2.18. The van der Waals surface area contributed by atoms with E-state index < -0.39 is 5.41 Å². The second-order valence-electron chi connectivity index (χ2n) is 12.7. The third kappa shape index (κ3) is 7.32. The lowest BCUT2D eigenvalue weighted by atomic mass is 9.82. The standard InChI is InChI=1S/C33H47BrN4O/c1-24(2)22-37(23-25(3)4)32(39)33(5,6)27-14-15-29-30(21-27)38(19-11-18-36-16-8-7-9-17-36)31(35-29)26-12-10-13-28(34)20-26/h10,12-15,20-21,24-25H,7-9,11,16-19,22-23H2,1-6H3. The minimum atomic E-state index is -0.628. The van der Waals surface area contributed by atoms with Gasteiger partial charge >= 0.3 is 0 Å². The Labute approximate surface area is 244 Å². The first-order chi connectivity index (χ1) is 18.6. The Morgan fingerprint density at radius 2 is 1.67 bits per heavy atom. The quantitative estimate of drug-likeness (QED) is 0.228. The van der Waals surface area contributed by atoms with Crippen LogP contribution in [0.4, 0.5) is 0 Å². The number of aromatic nitrogens is 2. The van der Waals surface area contributed by atoms with Crippen molar-refractivity contribution in [3.63, 3.8) is 0 Å². The van der Waals surface area contributed by atoms with Crippen LogP contribution in [0.25, 0.3) is 22.4 Å². The van der Waals surface area contributed by atoms with Crippen molar-refractivity contribution in [1.29, 1.82) is 0 Å². The van der Waals surface area contributed by atoms with Crippen LogP contribution in [-0.2, 0) is 16.8 Å². The van der Waals surface area contributed by atoms with Crippen molar-refractivity contribution >= 4 is 32.9 Å². The van der Waals surface area contributed by atoms with Crippen LogP contribution >= 0.6 is 15.9 Å². The molecule has 0 unspecified atom stereocenters. The van der Waals surface area contributed by atoms with E-state index in [1.807, 2.05) is 0 Å². The number of likely N-dealkylation sites (tertiary alicyclic amines) is 1. The van der Waals surface area contributed by atoms with Gasteiger partial charge in [0.15, 0.2) is 0 Å². The Kier molecular flexibility index (Phi) is 9.92. The maximum atomic E-state index is 14.0. The first-order valence-electron chi connectivity index (χ1n) is 14.8. The number of fused-ring (bicyclic) bond motifs is 1. The van der Waals surface area contributed by atoms with E-state index in [9.17, 15) is 4.79 Å². The molecule has 0 aliphatic carbocycles. The van der Waals surface area contributed by atoms with Crippen LogP contribution in [0, 0.1) is 11.8 Å². The number of carbonyl (C=O) groups is 1. The largest absolute Gasteiger partial charge is 0.341 e. The fourth-order valence-electron chi connectivity index (χ4n) is 5.86. The number of amides is 1. The molecule has 4 rings (SSSR count). The molecule has 1 amide bonds. The van der Waals surface area contributed by atoms with Gasteiger partial charge in [0, 0.05) is 29.7 Å². The van der Waals surface area contributed by atoms with Crippen LogP contribution in [-0.4, -0.2) is 58.0 Å². The summed E-state index contributed by atoms with van der Waals surface area (Å²) < 4.78 is 3.43. The lowest BCUT2D eigenvalue weighted by molar-refractivity contribution is -0.137. The average molecular weight is 596 g/mol. The predicted molar refractivity (Wildman–Crippen MR) is 167 cm³/mol. The number of rotatable bonds is 11. The van der Waals surface area contributed by atoms with E-state index in [2.05, 4.69) is 114 Å². The maximum absolute atomic E-state index is 14.0. The number of carbonyl (C=O) groups excluding carboxylic acids is 1. The van der Waals surface area contributed by atoms with Crippen molar-refractivity contribution in [1.82, 2.24) is 19.4 Å². The van der Waals surface area contributed by atoms with Gasteiger partial charge in [-0.2, -0.15) is 0 Å². The first-order valence-corrected chi connectivity index (χ1v) is 15.6. The van der Waals surface area contributed by atoms with Crippen molar-refractivity contribution in [2.45, 2.75) is 79.2 Å². The van der Waals surface area contributed by atoms with E-state index in [4.69, 9.17) is 4.98 Å². The number of piperidine rings is 1. The molecular weight excluding hydrogens is 548 g/mol. The van der Waals surface area contributed by atoms with E-state index in [0.29, 0.717) is 11.8 Å². The summed E-state index contributed by atoms with van der Waals surface area (Å²) in [6.07, 6.45) is 5.07. The molecule has 1 aliphatic rings. The van der Waals surface area contributed by atoms with Gasteiger partial charge in [0.05, 0.1) is 16.4 Å². The van der Waals surface area contributed by atoms with Crippen molar-refractivity contribution < 1.29 is 4.79 Å². The summed E-state index contributed by atoms with van der Waals surface area (Å²) in [5.74, 6) is 2.06. The van der Waals surface area contributed by atoms with Crippen molar-refractivity contribution in [3.8, 4) is 11.4 Å². The Morgan fingerprint density at radius 1 is 0.974 bits per heavy atom. The number of nitrogens with zero attached hydrogens (tertiary/aromatic N) is 4. The topological polar surface area (TPSA) is 41.4 Å². The second-order valence-corrected chi connectivity index (χ2v) is 13.6. The highest BCUT2D eigenvalue weighted by Crippen LogP contribution is 2.33. The van der Waals surface area contributed by atoms with E-state index in [0.717, 1.165) is 65.1 Å². The molecular formula is C33H47BrN4O. The van der Waals surface area contributed by atoms with Gasteiger partial charge in [-0.15, -0.1) is 0 Å². The zero-order chi connectivity index (χ0) is 28.2. The molecule has 212 valence electrons. The van der Waals surface area contributed by atoms with Gasteiger partial charge < -0.3 is 14.4 Å². The van der Waals surface area contributed by atoms with E-state index >= 15 is 0 Å². The van der Waals surface area contributed by atoms with Gasteiger partial charge in [-0.05, 0) is 94.4 Å². The van der Waals surface area contributed by atoms with Crippen molar-refractivity contribution in [2.75, 3.05) is 32.7 Å². The molecule has 6 heteroatoms. The van der Waals surface area contributed by atoms with E-state index in [1.54, 1.807) is 0 Å². The minimum Gasteiger partial charge on any atom is -0.341 e. The molecule has 0 radical (unpaired) electrons. The molecule has 3 aromatic rings. The summed E-state index contributed by atoms with van der Waals surface area (Å²) in [6.45, 7) is 18.9. The molecule has 1 aliphatic heterocycles. The lowest BCUT2D eigenvalue weighted by Gasteiger charge is -2.34. The molecule has 5 nitrogen and oxygen atoms in total. The molecule has 39 heavy (non-hydrogen) atoms. The van der Waals surface area contributed by atoms with Crippen LogP contribution in [0.5, 0.6) is 0 Å². The van der Waals surface area contributed by atoms with Crippen LogP contribution in [0.3, 0.4) is 0 Å². The summed E-state index contributed by atoms with van der Waals surface area (Å²) in [7, 11) is 0. The maximum Gasteiger partial charge on any atom is 0.232 e. The molecule has 0 atom stereocenters. The fourth-order valence-corrected chi connectivity index (χ4v) is 6.26. The predicted octanol–water partition coefficient (Wildman–Crippen LogP) is 7.76. The van der Waals surface area contributed by atoms with E-state index in [1.165, 1.54) is 32.4 Å². The third-order valence-electron chi connectivity index (χ3n) is 7.85. The number of hydrogen-bond donors (Lipinski definition) is 0. The summed E-state index contributed by atoms with van der Waals surface area (Å²) in [5.41, 5.74) is 3.62. The molecule has 2 heterocycles. The summed E-state index contributed by atoms with van der Waals surface area (Å²) in [5, 5.41) is 0. The fraction of sp³-hybridized carbons (Fsp3) is 0.576. The molecule has 0 bridgehead atoms. The Bertz CT molecular complexity index is 1250. The molecule has 0 saturated carbocycles. The first kappa shape index (κ1) is 29.8. The Morgan fingerprint density at radius 3 is 2.31 bits per heavy atom. The molecule has 0 spiro atoms. The molecule has 2 aromatic carbocycles. The molecule has 1 aromatic heterocycles. The monoisotopic (exact) mass is 594 g/mol. The number of aryl methyl sites for hydroxylation is 1. The van der Waals surface area contributed by atoms with E-state index in [-0.39, 0.29) is 5.91 Å². The SMILES string of the molecule is CC(C)CN(CC(C)C)C(=O)C(C)(C)c1ccc2nc(-c3cccc(Br)c3)n(CCCN3CCCCC3)c2c1. The van der Waals surface area contributed by atoms with Crippen LogP contribution < -0.4 is 0 Å². The van der Waals surface area contributed by atoms with Gasteiger partial charge in [0.1, 0.15) is 5.82 Å². The van der Waals surface area contributed by atoms with Gasteiger partial charge in [0.25, 0.3) is 0 Å². The molecule has 0 N–H and O–H groups in total. The number of halogens is 1. The Balaban J connectivity index is 1.70. The highest BCUT2D eigenvalue weighted by atomic mass is 79.9. The summed E-state index contributed by atoms with van der Waals surface area (Å²) in [4.78, 5) is 23.7.